The molecule has 0 aliphatic carbocycles. The largest absolute Gasteiger partial charge is 0.491 e. The molecule has 0 fully saturated rings. The minimum absolute atomic E-state index is 0.0523. The highest BCUT2D eigenvalue weighted by molar-refractivity contribution is 7.89. The van der Waals surface area contributed by atoms with Crippen LogP contribution in [0.25, 0.3) is 0 Å². The van der Waals surface area contributed by atoms with Gasteiger partial charge < -0.3 is 14.8 Å². The van der Waals surface area contributed by atoms with E-state index in [1.165, 1.54) is 18.2 Å². The Morgan fingerprint density at radius 1 is 1.08 bits per heavy atom. The molecule has 0 aromatic heterocycles. The second-order valence-electron chi connectivity index (χ2n) is 5.52. The number of amides is 1. The Kier molecular flexibility index (Phi) is 3.43. The van der Waals surface area contributed by atoms with Crippen LogP contribution in [-0.2, 0) is 14.8 Å². The minimum atomic E-state index is -3.77. The highest BCUT2D eigenvalue weighted by atomic mass is 32.2. The van der Waals surface area contributed by atoms with Gasteiger partial charge in [-0.05, 0) is 24.3 Å². The van der Waals surface area contributed by atoms with Crippen molar-refractivity contribution in [2.24, 2.45) is 0 Å². The monoisotopic (exact) mass is 346 g/mol. The van der Waals surface area contributed by atoms with Crippen LogP contribution in [0.15, 0.2) is 47.4 Å². The van der Waals surface area contributed by atoms with Crippen LogP contribution >= 0.6 is 0 Å². The molecule has 2 aliphatic heterocycles. The van der Waals surface area contributed by atoms with Gasteiger partial charge in [-0.15, -0.1) is 0 Å². The normalized spacial score (nSPS) is 18.8. The van der Waals surface area contributed by atoms with Crippen molar-refractivity contribution >= 4 is 21.6 Å². The van der Waals surface area contributed by atoms with Crippen LogP contribution in [0.1, 0.15) is 11.6 Å². The van der Waals surface area contributed by atoms with E-state index in [0.29, 0.717) is 17.2 Å². The lowest BCUT2D eigenvalue weighted by atomic mass is 10.1. The fourth-order valence-corrected chi connectivity index (χ4v) is 3.97. The molecule has 8 heteroatoms. The number of benzene rings is 2. The maximum atomic E-state index is 12.6. The molecule has 0 saturated heterocycles. The van der Waals surface area contributed by atoms with E-state index in [4.69, 9.17) is 9.47 Å². The van der Waals surface area contributed by atoms with Crippen LogP contribution in [0.3, 0.4) is 0 Å². The molecule has 2 aliphatic rings. The zero-order valence-corrected chi connectivity index (χ0v) is 13.3. The maximum absolute atomic E-state index is 12.6. The van der Waals surface area contributed by atoms with Crippen LogP contribution in [-0.4, -0.2) is 27.5 Å². The Morgan fingerprint density at radius 2 is 1.92 bits per heavy atom. The third-order valence-corrected chi connectivity index (χ3v) is 5.36. The van der Waals surface area contributed by atoms with E-state index in [1.54, 1.807) is 6.07 Å². The Morgan fingerprint density at radius 3 is 2.79 bits per heavy atom. The van der Waals surface area contributed by atoms with Crippen molar-refractivity contribution in [3.05, 3.63) is 48.0 Å². The average molecular weight is 346 g/mol. The second kappa shape index (κ2) is 5.50. The summed E-state index contributed by atoms with van der Waals surface area (Å²) in [6.45, 7) is 0.164. The molecular weight excluding hydrogens is 332 g/mol. The summed E-state index contributed by atoms with van der Waals surface area (Å²) in [6.07, 6.45) is 0. The summed E-state index contributed by atoms with van der Waals surface area (Å²) in [6, 6.07) is 11.2. The molecule has 0 spiro atoms. The number of ether oxygens (including phenoxy) is 2. The first kappa shape index (κ1) is 15.0. The number of rotatable bonds is 3. The molecule has 2 N–H and O–H groups in total. The summed E-state index contributed by atoms with van der Waals surface area (Å²) in [5, 5.41) is 2.60. The van der Waals surface area contributed by atoms with E-state index in [9.17, 15) is 13.2 Å². The molecule has 7 nitrogen and oxygen atoms in total. The topological polar surface area (TPSA) is 93.7 Å². The molecule has 2 aromatic carbocycles. The van der Waals surface area contributed by atoms with Crippen LogP contribution in [0.4, 0.5) is 5.69 Å². The zero-order chi connectivity index (χ0) is 16.7. The summed E-state index contributed by atoms with van der Waals surface area (Å²) in [5.74, 6) is 0.808. The summed E-state index contributed by atoms with van der Waals surface area (Å²) in [4.78, 5) is 11.4. The summed E-state index contributed by atoms with van der Waals surface area (Å²) in [5.41, 5.74) is 1.15. The smallest absolute Gasteiger partial charge is 0.262 e. The number of hydrogen-bond acceptors (Lipinski definition) is 5. The Labute approximate surface area is 138 Å². The number of para-hydroxylation sites is 1. The van der Waals surface area contributed by atoms with Crippen LogP contribution in [0.2, 0.25) is 0 Å². The van der Waals surface area contributed by atoms with Gasteiger partial charge in [0.25, 0.3) is 5.91 Å². The average Bonchev–Trinajstić information content (AvgIpc) is 2.97. The van der Waals surface area contributed by atoms with Gasteiger partial charge in [0.05, 0.1) is 16.6 Å². The number of carbonyl (C=O) groups excluding carboxylic acids is 1. The van der Waals surface area contributed by atoms with Crippen LogP contribution < -0.4 is 19.5 Å². The van der Waals surface area contributed by atoms with Gasteiger partial charge in [0.2, 0.25) is 10.0 Å². The molecule has 0 saturated carbocycles. The maximum Gasteiger partial charge on any atom is 0.262 e. The molecule has 124 valence electrons. The third-order valence-electron chi connectivity index (χ3n) is 3.89. The van der Waals surface area contributed by atoms with Crippen LogP contribution in [0, 0.1) is 0 Å². The van der Waals surface area contributed by atoms with Gasteiger partial charge >= 0.3 is 0 Å². The first-order valence-electron chi connectivity index (χ1n) is 7.34. The number of carbonyl (C=O) groups is 1. The van der Waals surface area contributed by atoms with Crippen molar-refractivity contribution in [3.63, 3.8) is 0 Å². The summed E-state index contributed by atoms with van der Waals surface area (Å²) < 4.78 is 38.7. The van der Waals surface area contributed by atoms with E-state index in [0.717, 1.165) is 5.56 Å². The predicted molar refractivity (Wildman–Crippen MR) is 85.6 cm³/mol. The Bertz CT molecular complexity index is 926. The van der Waals surface area contributed by atoms with Crippen molar-refractivity contribution in [1.29, 1.82) is 0 Å². The number of sulfonamides is 1. The molecular formula is C16H14N2O5S. The van der Waals surface area contributed by atoms with E-state index < -0.39 is 16.1 Å². The van der Waals surface area contributed by atoms with Gasteiger partial charge in [-0.25, -0.2) is 13.1 Å². The fourth-order valence-electron chi connectivity index (χ4n) is 2.74. The van der Waals surface area contributed by atoms with Crippen molar-refractivity contribution in [1.82, 2.24) is 4.72 Å². The summed E-state index contributed by atoms with van der Waals surface area (Å²) >= 11 is 0. The number of hydrogen-bond donors (Lipinski definition) is 2. The van der Waals surface area contributed by atoms with Gasteiger partial charge in [0.1, 0.15) is 18.1 Å². The number of nitrogens with one attached hydrogen (secondary N) is 2. The molecule has 4 rings (SSSR count). The first-order chi connectivity index (χ1) is 11.5. The van der Waals surface area contributed by atoms with Crippen molar-refractivity contribution < 1.29 is 22.7 Å². The molecule has 24 heavy (non-hydrogen) atoms. The number of anilines is 1. The predicted octanol–water partition coefficient (Wildman–Crippen LogP) is 1.43. The SMILES string of the molecule is O=C1COc2ccc(S(=O)(=O)N[C@H]3COc4ccccc43)cc2N1. The van der Waals surface area contributed by atoms with Gasteiger partial charge in [0, 0.05) is 5.56 Å². The second-order valence-corrected chi connectivity index (χ2v) is 7.23. The Balaban J connectivity index is 1.62. The lowest BCUT2D eigenvalue weighted by Gasteiger charge is -2.19. The zero-order valence-electron chi connectivity index (χ0n) is 12.5. The molecule has 2 heterocycles. The molecule has 0 bridgehead atoms. The molecule has 1 amide bonds. The number of fused-ring (bicyclic) bond motifs is 2. The molecule has 1 atom stereocenters. The van der Waals surface area contributed by atoms with Gasteiger partial charge in [-0.1, -0.05) is 18.2 Å². The standard InChI is InChI=1S/C16H14N2O5S/c19-16-9-23-15-6-5-10(7-12(15)17-16)24(20,21)18-13-8-22-14-4-2-1-3-11(13)14/h1-7,13,18H,8-9H2,(H,17,19)/t13-/m0/s1. The van der Waals surface area contributed by atoms with Crippen molar-refractivity contribution in [3.8, 4) is 11.5 Å². The van der Waals surface area contributed by atoms with Crippen molar-refractivity contribution in [2.45, 2.75) is 10.9 Å². The van der Waals surface area contributed by atoms with E-state index in [1.807, 2.05) is 18.2 Å². The third kappa shape index (κ3) is 2.59. The molecule has 2 aromatic rings. The van der Waals surface area contributed by atoms with Gasteiger partial charge in [-0.3, -0.25) is 4.79 Å². The summed E-state index contributed by atoms with van der Waals surface area (Å²) in [7, 11) is -3.77. The minimum Gasteiger partial charge on any atom is -0.491 e. The Hall–Kier alpha value is -2.58. The van der Waals surface area contributed by atoms with Crippen molar-refractivity contribution in [2.75, 3.05) is 18.5 Å². The lowest BCUT2D eigenvalue weighted by molar-refractivity contribution is -0.118. The quantitative estimate of drug-likeness (QED) is 0.877. The van der Waals surface area contributed by atoms with Crippen LogP contribution in [0.5, 0.6) is 11.5 Å². The van der Waals surface area contributed by atoms with Gasteiger partial charge in [0.15, 0.2) is 6.61 Å². The molecule has 0 radical (unpaired) electrons. The highest BCUT2D eigenvalue weighted by Crippen LogP contribution is 2.34. The first-order valence-corrected chi connectivity index (χ1v) is 8.82. The van der Waals surface area contributed by atoms with Gasteiger partial charge in [-0.2, -0.15) is 0 Å². The highest BCUT2D eigenvalue weighted by Gasteiger charge is 2.29. The fraction of sp³-hybridized carbons (Fsp3) is 0.188. The van der Waals surface area contributed by atoms with E-state index in [2.05, 4.69) is 10.0 Å². The molecule has 0 unspecified atom stereocenters. The lowest BCUT2D eigenvalue weighted by Crippen LogP contribution is -2.30. The van der Waals surface area contributed by atoms with E-state index in [-0.39, 0.29) is 24.0 Å². The van der Waals surface area contributed by atoms with E-state index >= 15 is 0 Å².